The van der Waals surface area contributed by atoms with Gasteiger partial charge in [-0.1, -0.05) is 6.92 Å². The molecule has 1 unspecified atom stereocenters. The summed E-state index contributed by atoms with van der Waals surface area (Å²) in [6.07, 6.45) is -1.55. The third kappa shape index (κ3) is 4.82. The quantitative estimate of drug-likeness (QED) is 0.750. The SMILES string of the molecule is CCC(C)n1cc(I)c(COCC(F)(F)F)n1. The zero-order valence-corrected chi connectivity index (χ0v) is 11.7. The summed E-state index contributed by atoms with van der Waals surface area (Å²) >= 11 is 2.05. The maximum Gasteiger partial charge on any atom is 0.411 e. The van der Waals surface area contributed by atoms with Gasteiger partial charge in [-0.05, 0) is 35.9 Å². The molecule has 0 bridgehead atoms. The minimum Gasteiger partial charge on any atom is -0.366 e. The third-order valence-corrected chi connectivity index (χ3v) is 3.21. The number of nitrogens with zero attached hydrogens (tertiary/aromatic N) is 2. The predicted octanol–water partition coefficient (Wildman–Crippen LogP) is 3.54. The Bertz CT molecular complexity index is 365. The third-order valence-electron chi connectivity index (χ3n) is 2.30. The normalized spacial score (nSPS) is 14.0. The van der Waals surface area contributed by atoms with Crippen molar-refractivity contribution in [1.29, 1.82) is 0 Å². The van der Waals surface area contributed by atoms with Crippen molar-refractivity contribution in [2.24, 2.45) is 0 Å². The van der Waals surface area contributed by atoms with E-state index in [0.717, 1.165) is 9.99 Å². The van der Waals surface area contributed by atoms with Crippen molar-refractivity contribution in [3.05, 3.63) is 15.5 Å². The number of halogens is 4. The van der Waals surface area contributed by atoms with Gasteiger partial charge in [0.2, 0.25) is 0 Å². The highest BCUT2D eigenvalue weighted by Crippen LogP contribution is 2.19. The summed E-state index contributed by atoms with van der Waals surface area (Å²) in [6.45, 7) is 2.68. The average Bonchev–Trinajstić information content (AvgIpc) is 2.57. The standard InChI is InChI=1S/C10H14F3IN2O/c1-3-7(2)16-4-8(14)9(15-16)5-17-6-10(11,12)13/h4,7H,3,5-6H2,1-2H3. The van der Waals surface area contributed by atoms with Crippen LogP contribution in [-0.2, 0) is 11.3 Å². The Labute approximate surface area is 111 Å². The summed E-state index contributed by atoms with van der Waals surface area (Å²) in [7, 11) is 0. The Balaban J connectivity index is 2.57. The van der Waals surface area contributed by atoms with Crippen molar-refractivity contribution in [3.63, 3.8) is 0 Å². The molecular weight excluding hydrogens is 348 g/mol. The van der Waals surface area contributed by atoms with Gasteiger partial charge in [-0.2, -0.15) is 18.3 Å². The molecule has 1 atom stereocenters. The van der Waals surface area contributed by atoms with Crippen molar-refractivity contribution < 1.29 is 17.9 Å². The molecule has 0 fully saturated rings. The predicted molar refractivity (Wildman–Crippen MR) is 65.7 cm³/mol. The second-order valence-corrected chi connectivity index (χ2v) is 4.93. The van der Waals surface area contributed by atoms with Crippen molar-refractivity contribution in [2.75, 3.05) is 6.61 Å². The molecule has 0 aliphatic heterocycles. The topological polar surface area (TPSA) is 27.1 Å². The van der Waals surface area contributed by atoms with E-state index in [0.29, 0.717) is 5.69 Å². The lowest BCUT2D eigenvalue weighted by molar-refractivity contribution is -0.176. The number of hydrogen-bond donors (Lipinski definition) is 0. The van der Waals surface area contributed by atoms with Gasteiger partial charge in [0, 0.05) is 12.2 Å². The number of hydrogen-bond acceptors (Lipinski definition) is 2. The van der Waals surface area contributed by atoms with Gasteiger partial charge in [0.05, 0.1) is 10.2 Å². The molecular formula is C10H14F3IN2O. The van der Waals surface area contributed by atoms with Crippen LogP contribution in [0.1, 0.15) is 32.0 Å². The van der Waals surface area contributed by atoms with Crippen LogP contribution in [0.5, 0.6) is 0 Å². The van der Waals surface area contributed by atoms with Crippen LogP contribution in [0.4, 0.5) is 13.2 Å². The second kappa shape index (κ2) is 6.03. The monoisotopic (exact) mass is 362 g/mol. The molecule has 1 aromatic rings. The van der Waals surface area contributed by atoms with E-state index in [9.17, 15) is 13.2 Å². The first-order chi connectivity index (χ1) is 7.83. The van der Waals surface area contributed by atoms with Gasteiger partial charge in [0.15, 0.2) is 0 Å². The Morgan fingerprint density at radius 2 is 2.18 bits per heavy atom. The van der Waals surface area contributed by atoms with E-state index < -0.39 is 12.8 Å². The van der Waals surface area contributed by atoms with Gasteiger partial charge < -0.3 is 4.74 Å². The van der Waals surface area contributed by atoms with Gasteiger partial charge in [-0.15, -0.1) is 0 Å². The molecule has 0 saturated carbocycles. The first kappa shape index (κ1) is 14.7. The van der Waals surface area contributed by atoms with Crippen molar-refractivity contribution in [1.82, 2.24) is 9.78 Å². The molecule has 0 radical (unpaired) electrons. The van der Waals surface area contributed by atoms with Gasteiger partial charge in [-0.3, -0.25) is 4.68 Å². The Morgan fingerprint density at radius 1 is 1.53 bits per heavy atom. The van der Waals surface area contributed by atoms with Crippen LogP contribution < -0.4 is 0 Å². The fourth-order valence-corrected chi connectivity index (χ4v) is 1.73. The molecule has 17 heavy (non-hydrogen) atoms. The first-order valence-corrected chi connectivity index (χ1v) is 6.29. The maximum atomic E-state index is 11.9. The molecule has 98 valence electrons. The highest BCUT2D eigenvalue weighted by molar-refractivity contribution is 14.1. The molecule has 1 aromatic heterocycles. The lowest BCUT2D eigenvalue weighted by Gasteiger charge is -2.08. The first-order valence-electron chi connectivity index (χ1n) is 5.21. The summed E-state index contributed by atoms with van der Waals surface area (Å²) in [5.41, 5.74) is 0.551. The minimum absolute atomic E-state index is 0.110. The molecule has 1 rings (SSSR count). The fraction of sp³-hybridized carbons (Fsp3) is 0.700. The zero-order chi connectivity index (χ0) is 13.1. The summed E-state index contributed by atoms with van der Waals surface area (Å²) in [6, 6.07) is 0.236. The maximum absolute atomic E-state index is 11.9. The number of ether oxygens (including phenoxy) is 1. The van der Waals surface area contributed by atoms with E-state index >= 15 is 0 Å². The van der Waals surface area contributed by atoms with E-state index in [1.54, 1.807) is 4.68 Å². The molecule has 0 aliphatic carbocycles. The molecule has 0 N–H and O–H groups in total. The average molecular weight is 362 g/mol. The molecule has 0 aromatic carbocycles. The number of alkyl halides is 3. The molecule has 7 heteroatoms. The highest BCUT2D eigenvalue weighted by atomic mass is 127. The van der Waals surface area contributed by atoms with Gasteiger partial charge >= 0.3 is 6.18 Å². The number of aromatic nitrogens is 2. The fourth-order valence-electron chi connectivity index (χ4n) is 1.18. The van der Waals surface area contributed by atoms with E-state index in [-0.39, 0.29) is 12.6 Å². The van der Waals surface area contributed by atoms with Crippen LogP contribution >= 0.6 is 22.6 Å². The summed E-state index contributed by atoms with van der Waals surface area (Å²) in [4.78, 5) is 0. The van der Waals surface area contributed by atoms with E-state index in [4.69, 9.17) is 0 Å². The van der Waals surface area contributed by atoms with Crippen molar-refractivity contribution >= 4 is 22.6 Å². The zero-order valence-electron chi connectivity index (χ0n) is 9.59. The van der Waals surface area contributed by atoms with Crippen molar-refractivity contribution in [3.8, 4) is 0 Å². The highest BCUT2D eigenvalue weighted by Gasteiger charge is 2.27. The van der Waals surface area contributed by atoms with Crippen LogP contribution in [0.2, 0.25) is 0 Å². The van der Waals surface area contributed by atoms with Gasteiger partial charge in [0.25, 0.3) is 0 Å². The summed E-state index contributed by atoms with van der Waals surface area (Å²) in [5.74, 6) is 0. The van der Waals surface area contributed by atoms with Crippen LogP contribution in [0.3, 0.4) is 0 Å². The van der Waals surface area contributed by atoms with E-state index in [2.05, 4.69) is 9.84 Å². The van der Waals surface area contributed by atoms with Crippen LogP contribution in [0, 0.1) is 3.57 Å². The Morgan fingerprint density at radius 3 is 2.71 bits per heavy atom. The van der Waals surface area contributed by atoms with E-state index in [1.165, 1.54) is 0 Å². The lowest BCUT2D eigenvalue weighted by atomic mass is 10.3. The summed E-state index contributed by atoms with van der Waals surface area (Å²) in [5, 5.41) is 4.22. The molecule has 0 saturated heterocycles. The molecule has 1 heterocycles. The minimum atomic E-state index is -4.29. The van der Waals surface area contributed by atoms with Crippen LogP contribution in [-0.4, -0.2) is 22.6 Å². The molecule has 0 aliphatic rings. The van der Waals surface area contributed by atoms with E-state index in [1.807, 2.05) is 42.6 Å². The van der Waals surface area contributed by atoms with Gasteiger partial charge in [0.1, 0.15) is 12.3 Å². The van der Waals surface area contributed by atoms with Crippen LogP contribution in [0.15, 0.2) is 6.20 Å². The Hall–Kier alpha value is -0.310. The van der Waals surface area contributed by atoms with Crippen molar-refractivity contribution in [2.45, 2.75) is 39.1 Å². The smallest absolute Gasteiger partial charge is 0.366 e. The molecule has 0 amide bonds. The number of rotatable bonds is 5. The second-order valence-electron chi connectivity index (χ2n) is 3.77. The summed E-state index contributed by atoms with van der Waals surface area (Å²) < 4.78 is 42.9. The largest absolute Gasteiger partial charge is 0.411 e. The molecule has 0 spiro atoms. The van der Waals surface area contributed by atoms with Gasteiger partial charge in [-0.25, -0.2) is 0 Å². The Kier molecular flexibility index (Phi) is 5.23. The molecule has 3 nitrogen and oxygen atoms in total. The van der Waals surface area contributed by atoms with Crippen LogP contribution in [0.25, 0.3) is 0 Å². The lowest BCUT2D eigenvalue weighted by Crippen LogP contribution is -2.17.